The fraction of sp³-hybridized carbons (Fsp3) is 0.304. The zero-order valence-corrected chi connectivity index (χ0v) is 17.6. The maximum Gasteiger partial charge on any atom is 0.237 e. The molecule has 1 atom stereocenters. The lowest BCUT2D eigenvalue weighted by atomic mass is 9.92. The molecule has 2 aromatic carbocycles. The van der Waals surface area contributed by atoms with Gasteiger partial charge in [-0.2, -0.15) is 5.10 Å². The number of nitrogens with zero attached hydrogens (tertiary/aromatic N) is 2. The second-order valence-electron chi connectivity index (χ2n) is 7.34. The first-order valence-corrected chi connectivity index (χ1v) is 10.0. The van der Waals surface area contributed by atoms with Crippen LogP contribution in [0.15, 0.2) is 66.9 Å². The minimum Gasteiger partial charge on any atom is -0.381 e. The largest absolute Gasteiger partial charge is 0.381 e. The zero-order chi connectivity index (χ0) is 20.1. The van der Waals surface area contributed by atoms with Crippen LogP contribution in [0.4, 0.5) is 0 Å². The first-order valence-electron chi connectivity index (χ1n) is 10.0. The van der Waals surface area contributed by atoms with E-state index in [1.54, 1.807) is 0 Å². The summed E-state index contributed by atoms with van der Waals surface area (Å²) in [6.07, 6.45) is 3.63. The SMILES string of the molecule is Cl.NC(C(=O)NCc1cn(-c2ccccc2)nc1-c1ccccc1)C1CCOCC1. The number of nitrogens with two attached hydrogens (primary N) is 1. The molecule has 6 nitrogen and oxygen atoms in total. The van der Waals surface area contributed by atoms with Crippen molar-refractivity contribution in [2.45, 2.75) is 25.4 Å². The minimum atomic E-state index is -0.511. The number of amides is 1. The molecule has 1 unspecified atom stereocenters. The van der Waals surface area contributed by atoms with Crippen molar-refractivity contribution < 1.29 is 9.53 Å². The van der Waals surface area contributed by atoms with Crippen molar-refractivity contribution >= 4 is 18.3 Å². The van der Waals surface area contributed by atoms with Gasteiger partial charge < -0.3 is 15.8 Å². The Morgan fingerprint density at radius 1 is 1.10 bits per heavy atom. The Morgan fingerprint density at radius 2 is 1.73 bits per heavy atom. The molecule has 1 saturated heterocycles. The average molecular weight is 427 g/mol. The van der Waals surface area contributed by atoms with Gasteiger partial charge in [0.2, 0.25) is 5.91 Å². The van der Waals surface area contributed by atoms with E-state index in [0.717, 1.165) is 35.3 Å². The van der Waals surface area contributed by atoms with Gasteiger partial charge in [-0.05, 0) is 30.9 Å². The molecule has 0 bridgehead atoms. The molecular weight excluding hydrogens is 400 g/mol. The fourth-order valence-corrected chi connectivity index (χ4v) is 3.68. The van der Waals surface area contributed by atoms with E-state index >= 15 is 0 Å². The first-order chi connectivity index (χ1) is 14.2. The maximum absolute atomic E-state index is 12.6. The summed E-state index contributed by atoms with van der Waals surface area (Å²) in [5.41, 5.74) is 10.0. The fourth-order valence-electron chi connectivity index (χ4n) is 3.68. The molecule has 1 aliphatic rings. The number of rotatable bonds is 6. The van der Waals surface area contributed by atoms with Gasteiger partial charge in [0.25, 0.3) is 0 Å². The van der Waals surface area contributed by atoms with Crippen LogP contribution in [-0.2, 0) is 16.1 Å². The topological polar surface area (TPSA) is 82.2 Å². The summed E-state index contributed by atoms with van der Waals surface area (Å²) < 4.78 is 7.22. The van der Waals surface area contributed by atoms with Crippen molar-refractivity contribution in [1.82, 2.24) is 15.1 Å². The number of halogens is 1. The second-order valence-corrected chi connectivity index (χ2v) is 7.34. The molecule has 7 heteroatoms. The van der Waals surface area contributed by atoms with Crippen molar-refractivity contribution in [1.29, 1.82) is 0 Å². The molecule has 1 fully saturated rings. The average Bonchev–Trinajstić information content (AvgIpc) is 3.23. The maximum atomic E-state index is 12.6. The Hall–Kier alpha value is -2.67. The smallest absolute Gasteiger partial charge is 0.237 e. The Labute approximate surface area is 182 Å². The van der Waals surface area contributed by atoms with Crippen molar-refractivity contribution in [3.05, 3.63) is 72.4 Å². The molecule has 0 radical (unpaired) electrons. The van der Waals surface area contributed by atoms with E-state index in [1.807, 2.05) is 71.5 Å². The zero-order valence-electron chi connectivity index (χ0n) is 16.7. The van der Waals surface area contributed by atoms with E-state index < -0.39 is 6.04 Å². The number of nitrogens with one attached hydrogen (secondary N) is 1. The molecule has 1 aliphatic heterocycles. The third kappa shape index (κ3) is 5.08. The highest BCUT2D eigenvalue weighted by Gasteiger charge is 2.26. The molecule has 3 aromatic rings. The van der Waals surface area contributed by atoms with E-state index in [-0.39, 0.29) is 24.2 Å². The number of hydrogen-bond acceptors (Lipinski definition) is 4. The molecule has 158 valence electrons. The number of hydrogen-bond donors (Lipinski definition) is 2. The summed E-state index contributed by atoms with van der Waals surface area (Å²) in [5, 5.41) is 7.79. The number of carbonyl (C=O) groups excluding carboxylic acids is 1. The Morgan fingerprint density at radius 3 is 2.40 bits per heavy atom. The molecule has 2 heterocycles. The summed E-state index contributed by atoms with van der Waals surface area (Å²) in [5.74, 6) is 0.0489. The molecule has 1 amide bonds. The number of para-hydroxylation sites is 1. The van der Waals surface area contributed by atoms with E-state index in [0.29, 0.717) is 19.8 Å². The van der Waals surface area contributed by atoms with Crippen LogP contribution in [0.2, 0.25) is 0 Å². The second kappa shape index (κ2) is 10.4. The molecule has 0 saturated carbocycles. The van der Waals surface area contributed by atoms with Crippen molar-refractivity contribution in [2.24, 2.45) is 11.7 Å². The van der Waals surface area contributed by atoms with Gasteiger partial charge in [0.15, 0.2) is 0 Å². The lowest BCUT2D eigenvalue weighted by Crippen LogP contribution is -2.46. The van der Waals surface area contributed by atoms with Crippen molar-refractivity contribution in [2.75, 3.05) is 13.2 Å². The van der Waals surface area contributed by atoms with Crippen LogP contribution in [0.3, 0.4) is 0 Å². The quantitative estimate of drug-likeness (QED) is 0.633. The summed E-state index contributed by atoms with van der Waals surface area (Å²) in [4.78, 5) is 12.6. The Bertz CT molecular complexity index is 940. The molecule has 1 aromatic heterocycles. The van der Waals surface area contributed by atoms with Gasteiger partial charge in [0, 0.05) is 37.1 Å². The summed E-state index contributed by atoms with van der Waals surface area (Å²) in [6, 6.07) is 19.4. The number of benzene rings is 2. The predicted molar refractivity (Wildman–Crippen MR) is 120 cm³/mol. The van der Waals surface area contributed by atoms with E-state index in [4.69, 9.17) is 15.6 Å². The highest BCUT2D eigenvalue weighted by Crippen LogP contribution is 2.24. The summed E-state index contributed by atoms with van der Waals surface area (Å²) in [7, 11) is 0. The third-order valence-electron chi connectivity index (χ3n) is 5.39. The molecular formula is C23H27ClN4O2. The third-order valence-corrected chi connectivity index (χ3v) is 5.39. The van der Waals surface area contributed by atoms with Gasteiger partial charge in [0.1, 0.15) is 0 Å². The van der Waals surface area contributed by atoms with Crippen LogP contribution >= 0.6 is 12.4 Å². The van der Waals surface area contributed by atoms with Gasteiger partial charge in [-0.25, -0.2) is 4.68 Å². The standard InChI is InChI=1S/C23H26N4O2.ClH/c24-21(17-11-13-29-14-12-17)23(28)25-15-19-16-27(20-9-5-2-6-10-20)26-22(19)18-7-3-1-4-8-18;/h1-10,16-17,21H,11-15,24H2,(H,25,28);1H. The lowest BCUT2D eigenvalue weighted by Gasteiger charge is -2.26. The number of aromatic nitrogens is 2. The number of carbonyl (C=O) groups is 1. The highest BCUT2D eigenvalue weighted by atomic mass is 35.5. The van der Waals surface area contributed by atoms with Gasteiger partial charge in [0.05, 0.1) is 17.4 Å². The van der Waals surface area contributed by atoms with Crippen LogP contribution in [-0.4, -0.2) is 34.9 Å². The highest BCUT2D eigenvalue weighted by molar-refractivity contribution is 5.85. The molecule has 0 spiro atoms. The number of ether oxygens (including phenoxy) is 1. The summed E-state index contributed by atoms with van der Waals surface area (Å²) >= 11 is 0. The van der Waals surface area contributed by atoms with Gasteiger partial charge >= 0.3 is 0 Å². The Kier molecular flexibility index (Phi) is 7.63. The van der Waals surface area contributed by atoms with E-state index in [1.165, 1.54) is 0 Å². The van der Waals surface area contributed by atoms with Crippen LogP contribution in [0.5, 0.6) is 0 Å². The van der Waals surface area contributed by atoms with Gasteiger partial charge in [-0.15, -0.1) is 12.4 Å². The molecule has 3 N–H and O–H groups in total. The van der Waals surface area contributed by atoms with Gasteiger partial charge in [-0.1, -0.05) is 48.5 Å². The van der Waals surface area contributed by atoms with Crippen LogP contribution < -0.4 is 11.1 Å². The van der Waals surface area contributed by atoms with Crippen LogP contribution in [0, 0.1) is 5.92 Å². The summed E-state index contributed by atoms with van der Waals surface area (Å²) in [6.45, 7) is 1.73. The lowest BCUT2D eigenvalue weighted by molar-refractivity contribution is -0.124. The monoisotopic (exact) mass is 426 g/mol. The molecule has 30 heavy (non-hydrogen) atoms. The predicted octanol–water partition coefficient (Wildman–Crippen LogP) is 3.33. The van der Waals surface area contributed by atoms with E-state index in [2.05, 4.69) is 5.32 Å². The normalized spacial score (nSPS) is 15.2. The van der Waals surface area contributed by atoms with Gasteiger partial charge in [-0.3, -0.25) is 4.79 Å². The van der Waals surface area contributed by atoms with E-state index in [9.17, 15) is 4.79 Å². The van der Waals surface area contributed by atoms with Crippen LogP contribution in [0.1, 0.15) is 18.4 Å². The Balaban J connectivity index is 0.00000256. The molecule has 4 rings (SSSR count). The molecule has 0 aliphatic carbocycles. The van der Waals surface area contributed by atoms with Crippen molar-refractivity contribution in [3.8, 4) is 16.9 Å². The van der Waals surface area contributed by atoms with Crippen LogP contribution in [0.25, 0.3) is 16.9 Å². The first kappa shape index (κ1) is 22.0. The van der Waals surface area contributed by atoms with Crippen molar-refractivity contribution in [3.63, 3.8) is 0 Å². The minimum absolute atomic E-state index is 0.